The Kier molecular flexibility index (Phi) is 5.49. The number of hydrogen-bond donors (Lipinski definition) is 2. The van der Waals surface area contributed by atoms with E-state index in [0.29, 0.717) is 10.9 Å². The molecule has 1 unspecified atom stereocenters. The predicted molar refractivity (Wildman–Crippen MR) is 95.6 cm³/mol. The molecule has 0 bridgehead atoms. The molecule has 0 saturated carbocycles. The summed E-state index contributed by atoms with van der Waals surface area (Å²) in [5, 5.41) is 7.52. The Morgan fingerprint density at radius 1 is 1.41 bits per heavy atom. The third-order valence-electron chi connectivity index (χ3n) is 3.30. The molecule has 0 aliphatic heterocycles. The van der Waals surface area contributed by atoms with Gasteiger partial charge >= 0.3 is 0 Å². The molecule has 1 atom stereocenters. The molecule has 0 aromatic carbocycles. The zero-order chi connectivity index (χ0) is 16.1. The van der Waals surface area contributed by atoms with Crippen molar-refractivity contribution in [2.45, 2.75) is 46.2 Å². The number of rotatable bonds is 7. The second-order valence-electron chi connectivity index (χ2n) is 5.48. The Labute approximate surface area is 134 Å². The van der Waals surface area contributed by atoms with Crippen LogP contribution in [0.25, 0.3) is 10.2 Å². The van der Waals surface area contributed by atoms with E-state index in [-0.39, 0.29) is 6.04 Å². The molecule has 2 aromatic heterocycles. The number of fused-ring (bicyclic) bond motifs is 1. The first-order chi connectivity index (χ1) is 10.6. The monoisotopic (exact) mass is 318 g/mol. The topological polar surface area (TPSA) is 66.4 Å². The van der Waals surface area contributed by atoms with Crippen molar-refractivity contribution in [1.82, 2.24) is 4.98 Å². The minimum atomic E-state index is 0.253. The third-order valence-corrected chi connectivity index (χ3v) is 4.32. The van der Waals surface area contributed by atoms with Gasteiger partial charge in [0.1, 0.15) is 4.83 Å². The summed E-state index contributed by atoms with van der Waals surface area (Å²) < 4.78 is 0. The highest BCUT2D eigenvalue weighted by molar-refractivity contribution is 7.21. The molecule has 0 radical (unpaired) electrons. The van der Waals surface area contributed by atoms with Crippen molar-refractivity contribution in [3.05, 3.63) is 17.1 Å². The molecule has 0 fully saturated rings. The molecule has 0 amide bonds. The molecule has 2 aromatic rings. The van der Waals surface area contributed by atoms with Crippen LogP contribution in [-0.4, -0.2) is 29.7 Å². The van der Waals surface area contributed by atoms with Gasteiger partial charge in [0.15, 0.2) is 6.29 Å². The van der Waals surface area contributed by atoms with E-state index in [2.05, 4.69) is 48.3 Å². The second kappa shape index (κ2) is 7.35. The summed E-state index contributed by atoms with van der Waals surface area (Å²) >= 11 is 1.39. The number of aromatic nitrogens is 1. The lowest BCUT2D eigenvalue weighted by atomic mass is 10.2. The van der Waals surface area contributed by atoms with Gasteiger partial charge in [0.2, 0.25) is 0 Å². The molecule has 118 valence electrons. The Morgan fingerprint density at radius 2 is 2.18 bits per heavy atom. The van der Waals surface area contributed by atoms with Gasteiger partial charge in [-0.2, -0.15) is 0 Å². The molecule has 2 N–H and O–H groups in total. The summed E-state index contributed by atoms with van der Waals surface area (Å²) in [6.45, 7) is 8.30. The van der Waals surface area contributed by atoms with Gasteiger partial charge in [0.25, 0.3) is 0 Å². The summed E-state index contributed by atoms with van der Waals surface area (Å²) in [5.74, 6) is 0. The zero-order valence-corrected chi connectivity index (χ0v) is 14.2. The van der Waals surface area contributed by atoms with Crippen LogP contribution < -0.4 is 10.6 Å². The number of hydrogen-bond acceptors (Lipinski definition) is 5. The third kappa shape index (κ3) is 3.62. The van der Waals surface area contributed by atoms with Gasteiger partial charge in [0, 0.05) is 24.0 Å². The van der Waals surface area contributed by atoms with Gasteiger partial charge in [-0.05, 0) is 33.3 Å². The summed E-state index contributed by atoms with van der Waals surface area (Å²) in [6.07, 6.45) is 5.28. The van der Waals surface area contributed by atoms with E-state index in [4.69, 9.17) is 0 Å². The van der Waals surface area contributed by atoms with Crippen molar-refractivity contribution in [3.63, 3.8) is 0 Å². The standard InChI is InChI=1S/C16H22N4OS/c1-5-11(4)18-9-19-15-13(8-21)22-16-14(15)12(6-7-17-16)20-10(2)3/h6-11H,5H2,1-4H3,(H,17,20)(H,18,19). The first kappa shape index (κ1) is 16.4. The van der Waals surface area contributed by atoms with Crippen LogP contribution in [0.1, 0.15) is 43.8 Å². The zero-order valence-electron chi connectivity index (χ0n) is 13.4. The maximum Gasteiger partial charge on any atom is 0.162 e. The summed E-state index contributed by atoms with van der Waals surface area (Å²) in [7, 11) is 0. The molecule has 5 nitrogen and oxygen atoms in total. The van der Waals surface area contributed by atoms with E-state index >= 15 is 0 Å². The van der Waals surface area contributed by atoms with Crippen LogP contribution in [0.4, 0.5) is 11.4 Å². The van der Waals surface area contributed by atoms with Crippen molar-refractivity contribution in [2.24, 2.45) is 4.99 Å². The van der Waals surface area contributed by atoms with Crippen LogP contribution in [0.3, 0.4) is 0 Å². The van der Waals surface area contributed by atoms with Gasteiger partial charge in [-0.1, -0.05) is 6.92 Å². The van der Waals surface area contributed by atoms with E-state index in [1.54, 1.807) is 12.5 Å². The van der Waals surface area contributed by atoms with Crippen molar-refractivity contribution in [2.75, 3.05) is 10.6 Å². The normalized spacial score (nSPS) is 13.0. The van der Waals surface area contributed by atoms with Crippen LogP contribution in [0, 0.1) is 0 Å². The Morgan fingerprint density at radius 3 is 2.82 bits per heavy atom. The van der Waals surface area contributed by atoms with Gasteiger partial charge in [-0.25, -0.2) is 4.98 Å². The lowest BCUT2D eigenvalue weighted by molar-refractivity contribution is 0.112. The van der Waals surface area contributed by atoms with Crippen molar-refractivity contribution in [3.8, 4) is 0 Å². The fraction of sp³-hybridized carbons (Fsp3) is 0.438. The lowest BCUT2D eigenvalue weighted by Crippen LogP contribution is -2.10. The molecule has 0 aliphatic carbocycles. The molecule has 22 heavy (non-hydrogen) atoms. The average Bonchev–Trinajstić information content (AvgIpc) is 2.85. The fourth-order valence-electron chi connectivity index (χ4n) is 2.03. The first-order valence-electron chi connectivity index (χ1n) is 7.48. The van der Waals surface area contributed by atoms with Gasteiger partial charge < -0.3 is 10.6 Å². The summed E-state index contributed by atoms with van der Waals surface area (Å²) in [5.41, 5.74) is 1.75. The van der Waals surface area contributed by atoms with Crippen molar-refractivity contribution >= 4 is 45.6 Å². The van der Waals surface area contributed by atoms with E-state index in [1.165, 1.54) is 11.3 Å². The number of nitrogens with zero attached hydrogens (tertiary/aromatic N) is 2. The quantitative estimate of drug-likeness (QED) is 0.457. The number of anilines is 2. The Bertz CT molecular complexity index is 678. The van der Waals surface area contributed by atoms with Crippen LogP contribution in [0.2, 0.25) is 0 Å². The molecule has 0 saturated heterocycles. The number of aldehydes is 1. The molecule has 0 spiro atoms. The van der Waals surface area contributed by atoms with E-state index in [1.807, 2.05) is 6.07 Å². The smallest absolute Gasteiger partial charge is 0.162 e. The minimum absolute atomic E-state index is 0.253. The highest BCUT2D eigenvalue weighted by Gasteiger charge is 2.16. The van der Waals surface area contributed by atoms with Gasteiger partial charge in [-0.15, -0.1) is 11.3 Å². The number of aliphatic imine (C=N–C) groups is 1. The predicted octanol–water partition coefficient (Wildman–Crippen LogP) is 4.17. The van der Waals surface area contributed by atoms with Crippen LogP contribution >= 0.6 is 11.3 Å². The Balaban J connectivity index is 2.45. The summed E-state index contributed by atoms with van der Waals surface area (Å²) in [4.78, 5) is 21.6. The Hall–Kier alpha value is -1.95. The maximum absolute atomic E-state index is 11.4. The second-order valence-corrected chi connectivity index (χ2v) is 6.51. The van der Waals surface area contributed by atoms with Crippen LogP contribution in [-0.2, 0) is 0 Å². The molecule has 0 aliphatic rings. The van der Waals surface area contributed by atoms with Crippen molar-refractivity contribution < 1.29 is 4.79 Å². The lowest BCUT2D eigenvalue weighted by Gasteiger charge is -2.12. The van der Waals surface area contributed by atoms with E-state index < -0.39 is 0 Å². The number of pyridine rings is 1. The average molecular weight is 318 g/mol. The van der Waals surface area contributed by atoms with Crippen molar-refractivity contribution in [1.29, 1.82) is 0 Å². The first-order valence-corrected chi connectivity index (χ1v) is 8.29. The van der Waals surface area contributed by atoms with Gasteiger partial charge in [0.05, 0.1) is 22.3 Å². The SMILES string of the molecule is CCC(C)N=CNc1c(C=O)sc2nccc(NC(C)C)c12. The van der Waals surface area contributed by atoms with E-state index in [0.717, 1.165) is 34.3 Å². The molecular weight excluding hydrogens is 296 g/mol. The molecule has 6 heteroatoms. The maximum atomic E-state index is 11.4. The number of thiophene rings is 1. The highest BCUT2D eigenvalue weighted by atomic mass is 32.1. The molecular formula is C16H22N4OS. The number of carbonyl (C=O) groups excluding carboxylic acids is 1. The van der Waals surface area contributed by atoms with E-state index in [9.17, 15) is 4.79 Å². The molecule has 2 rings (SSSR count). The fourth-order valence-corrected chi connectivity index (χ4v) is 2.98. The van der Waals surface area contributed by atoms with Crippen LogP contribution in [0.15, 0.2) is 17.3 Å². The summed E-state index contributed by atoms with van der Waals surface area (Å²) in [6, 6.07) is 2.48. The minimum Gasteiger partial charge on any atom is -0.382 e. The van der Waals surface area contributed by atoms with Gasteiger partial charge in [-0.3, -0.25) is 9.79 Å². The number of nitrogens with one attached hydrogen (secondary N) is 2. The highest BCUT2D eigenvalue weighted by Crippen LogP contribution is 2.38. The number of carbonyl (C=O) groups is 1. The van der Waals surface area contributed by atoms with Crippen LogP contribution in [0.5, 0.6) is 0 Å². The largest absolute Gasteiger partial charge is 0.382 e. The molecule has 2 heterocycles.